The molecule has 2 aromatic carbocycles. The number of rotatable bonds is 1. The minimum Gasteiger partial charge on any atom is -0.360 e. The molecule has 3 aromatic rings. The van der Waals surface area contributed by atoms with E-state index in [9.17, 15) is 0 Å². The fourth-order valence-electron chi connectivity index (χ4n) is 3.12. The monoisotopic (exact) mass is 282 g/mol. The molecule has 100 valence electrons. The SMILES string of the molecule is Clc1c[nH]c2cc(C3CNCc4ccccc43)ccc12. The fraction of sp³-hybridized carbons (Fsp3) is 0.176. The Morgan fingerprint density at radius 3 is 2.95 bits per heavy atom. The van der Waals surface area contributed by atoms with Crippen molar-refractivity contribution in [3.8, 4) is 0 Å². The van der Waals surface area contributed by atoms with Crippen molar-refractivity contribution in [1.82, 2.24) is 10.3 Å². The van der Waals surface area contributed by atoms with Crippen molar-refractivity contribution in [2.24, 2.45) is 0 Å². The molecule has 2 heterocycles. The Morgan fingerprint density at radius 2 is 2.00 bits per heavy atom. The van der Waals surface area contributed by atoms with Crippen LogP contribution >= 0.6 is 11.6 Å². The number of hydrogen-bond donors (Lipinski definition) is 2. The number of aromatic nitrogens is 1. The third-order valence-corrected chi connectivity index (χ3v) is 4.46. The van der Waals surface area contributed by atoms with Crippen molar-refractivity contribution in [2.45, 2.75) is 12.5 Å². The number of hydrogen-bond acceptors (Lipinski definition) is 1. The van der Waals surface area contributed by atoms with Crippen LogP contribution in [0.1, 0.15) is 22.6 Å². The number of halogens is 1. The van der Waals surface area contributed by atoms with Crippen molar-refractivity contribution in [1.29, 1.82) is 0 Å². The lowest BCUT2D eigenvalue weighted by Gasteiger charge is -2.26. The summed E-state index contributed by atoms with van der Waals surface area (Å²) in [4.78, 5) is 3.24. The van der Waals surface area contributed by atoms with Gasteiger partial charge in [-0.15, -0.1) is 0 Å². The van der Waals surface area contributed by atoms with Crippen LogP contribution in [0.2, 0.25) is 5.02 Å². The van der Waals surface area contributed by atoms with E-state index in [2.05, 4.69) is 52.8 Å². The summed E-state index contributed by atoms with van der Waals surface area (Å²) in [6, 6.07) is 15.2. The van der Waals surface area contributed by atoms with Gasteiger partial charge in [0, 0.05) is 36.1 Å². The standard InChI is InChI=1S/C17H15ClN2/c18-16-10-20-17-7-11(5-6-14(16)17)15-9-19-8-12-3-1-2-4-13(12)15/h1-7,10,15,19-20H,8-9H2. The van der Waals surface area contributed by atoms with Gasteiger partial charge in [-0.2, -0.15) is 0 Å². The zero-order valence-corrected chi connectivity index (χ0v) is 11.7. The molecule has 4 rings (SSSR count). The predicted octanol–water partition coefficient (Wildman–Crippen LogP) is 4.06. The van der Waals surface area contributed by atoms with E-state index in [1.807, 2.05) is 6.20 Å². The first-order valence-electron chi connectivity index (χ1n) is 6.88. The molecule has 0 spiro atoms. The summed E-state index contributed by atoms with van der Waals surface area (Å²) in [5.41, 5.74) is 5.27. The molecule has 1 aliphatic rings. The van der Waals surface area contributed by atoms with Gasteiger partial charge < -0.3 is 10.3 Å². The smallest absolute Gasteiger partial charge is 0.0659 e. The summed E-state index contributed by atoms with van der Waals surface area (Å²) in [6.45, 7) is 1.94. The van der Waals surface area contributed by atoms with Crippen LogP contribution in [0.25, 0.3) is 10.9 Å². The molecule has 0 saturated heterocycles. The zero-order chi connectivity index (χ0) is 13.5. The van der Waals surface area contributed by atoms with Crippen LogP contribution in [0.15, 0.2) is 48.7 Å². The van der Waals surface area contributed by atoms with Gasteiger partial charge >= 0.3 is 0 Å². The predicted molar refractivity (Wildman–Crippen MR) is 83.3 cm³/mol. The second-order valence-electron chi connectivity index (χ2n) is 5.32. The topological polar surface area (TPSA) is 27.8 Å². The minimum atomic E-state index is 0.409. The molecule has 0 aliphatic carbocycles. The maximum absolute atomic E-state index is 6.15. The average Bonchev–Trinajstić information content (AvgIpc) is 2.87. The Hall–Kier alpha value is -1.77. The molecule has 1 atom stereocenters. The highest BCUT2D eigenvalue weighted by Gasteiger charge is 2.21. The van der Waals surface area contributed by atoms with E-state index < -0.39 is 0 Å². The Morgan fingerprint density at radius 1 is 1.10 bits per heavy atom. The highest BCUT2D eigenvalue weighted by Crippen LogP contribution is 2.32. The molecule has 20 heavy (non-hydrogen) atoms. The molecule has 0 amide bonds. The Balaban J connectivity index is 1.83. The summed E-state index contributed by atoms with van der Waals surface area (Å²) in [5, 5.41) is 5.38. The number of H-pyrrole nitrogens is 1. The quantitative estimate of drug-likeness (QED) is 0.692. The largest absolute Gasteiger partial charge is 0.360 e. The van der Waals surface area contributed by atoms with Gasteiger partial charge in [0.15, 0.2) is 0 Å². The Kier molecular flexibility index (Phi) is 2.79. The van der Waals surface area contributed by atoms with Crippen LogP contribution in [-0.2, 0) is 6.54 Å². The first kappa shape index (κ1) is 12.0. The van der Waals surface area contributed by atoms with Crippen LogP contribution in [0.5, 0.6) is 0 Å². The third-order valence-electron chi connectivity index (χ3n) is 4.15. The number of benzene rings is 2. The first-order chi connectivity index (χ1) is 9.83. The molecule has 3 heteroatoms. The summed E-state index contributed by atoms with van der Waals surface area (Å²) in [6.07, 6.45) is 1.85. The molecule has 0 fully saturated rings. The first-order valence-corrected chi connectivity index (χ1v) is 7.26. The number of aromatic amines is 1. The van der Waals surface area contributed by atoms with Crippen LogP contribution < -0.4 is 5.32 Å². The van der Waals surface area contributed by atoms with E-state index in [4.69, 9.17) is 11.6 Å². The second kappa shape index (κ2) is 4.65. The van der Waals surface area contributed by atoms with E-state index in [0.717, 1.165) is 29.0 Å². The zero-order valence-electron chi connectivity index (χ0n) is 11.0. The van der Waals surface area contributed by atoms with Crippen molar-refractivity contribution in [3.05, 3.63) is 70.4 Å². The lowest BCUT2D eigenvalue weighted by Crippen LogP contribution is -2.28. The van der Waals surface area contributed by atoms with Crippen LogP contribution in [0.3, 0.4) is 0 Å². The van der Waals surface area contributed by atoms with Crippen molar-refractivity contribution in [2.75, 3.05) is 6.54 Å². The maximum atomic E-state index is 6.15. The van der Waals surface area contributed by atoms with Crippen molar-refractivity contribution >= 4 is 22.5 Å². The highest BCUT2D eigenvalue weighted by molar-refractivity contribution is 6.35. The summed E-state index contributed by atoms with van der Waals surface area (Å²) in [7, 11) is 0. The molecule has 2 N–H and O–H groups in total. The lowest BCUT2D eigenvalue weighted by molar-refractivity contribution is 0.591. The van der Waals surface area contributed by atoms with Gasteiger partial charge in [-0.3, -0.25) is 0 Å². The summed E-state index contributed by atoms with van der Waals surface area (Å²) >= 11 is 6.15. The second-order valence-corrected chi connectivity index (χ2v) is 5.73. The van der Waals surface area contributed by atoms with Gasteiger partial charge in [0.1, 0.15) is 0 Å². The van der Waals surface area contributed by atoms with E-state index in [1.165, 1.54) is 16.7 Å². The van der Waals surface area contributed by atoms with E-state index in [0.29, 0.717) is 5.92 Å². The van der Waals surface area contributed by atoms with E-state index in [1.54, 1.807) is 0 Å². The molecule has 2 nitrogen and oxygen atoms in total. The van der Waals surface area contributed by atoms with E-state index >= 15 is 0 Å². The third kappa shape index (κ3) is 1.84. The van der Waals surface area contributed by atoms with Gasteiger partial charge in [-0.05, 0) is 22.8 Å². The van der Waals surface area contributed by atoms with Crippen LogP contribution in [-0.4, -0.2) is 11.5 Å². The molecule has 1 aromatic heterocycles. The molecule has 0 saturated carbocycles. The van der Waals surface area contributed by atoms with Gasteiger partial charge in [0.05, 0.1) is 5.02 Å². The molecule has 1 aliphatic heterocycles. The Bertz CT molecular complexity index is 776. The van der Waals surface area contributed by atoms with Gasteiger partial charge in [0.25, 0.3) is 0 Å². The lowest BCUT2D eigenvalue weighted by atomic mass is 9.85. The minimum absolute atomic E-state index is 0.409. The number of nitrogens with one attached hydrogen (secondary N) is 2. The summed E-state index contributed by atoms with van der Waals surface area (Å²) < 4.78 is 0. The normalized spacial score (nSPS) is 18.1. The van der Waals surface area contributed by atoms with Crippen LogP contribution in [0, 0.1) is 0 Å². The Labute approximate surface area is 122 Å². The maximum Gasteiger partial charge on any atom is 0.0659 e. The van der Waals surface area contributed by atoms with Crippen molar-refractivity contribution < 1.29 is 0 Å². The van der Waals surface area contributed by atoms with E-state index in [-0.39, 0.29) is 0 Å². The highest BCUT2D eigenvalue weighted by atomic mass is 35.5. The van der Waals surface area contributed by atoms with Gasteiger partial charge in [0.2, 0.25) is 0 Å². The molecule has 1 unspecified atom stereocenters. The summed E-state index contributed by atoms with van der Waals surface area (Å²) in [5.74, 6) is 0.409. The number of fused-ring (bicyclic) bond motifs is 2. The van der Waals surface area contributed by atoms with Gasteiger partial charge in [-0.1, -0.05) is 48.0 Å². The molecular formula is C17H15ClN2. The molecule has 0 bridgehead atoms. The molecule has 0 radical (unpaired) electrons. The van der Waals surface area contributed by atoms with Crippen LogP contribution in [0.4, 0.5) is 0 Å². The molecular weight excluding hydrogens is 268 g/mol. The van der Waals surface area contributed by atoms with Gasteiger partial charge in [-0.25, -0.2) is 0 Å². The van der Waals surface area contributed by atoms with Crippen molar-refractivity contribution in [3.63, 3.8) is 0 Å². The average molecular weight is 283 g/mol. The fourth-order valence-corrected chi connectivity index (χ4v) is 3.34.